The van der Waals surface area contributed by atoms with E-state index in [4.69, 9.17) is 4.52 Å². The second-order valence-electron chi connectivity index (χ2n) is 5.36. The molecule has 0 bridgehead atoms. The number of nitrogens with zero attached hydrogens (tertiary/aromatic N) is 1. The molecule has 0 aliphatic carbocycles. The molecule has 116 valence electrons. The van der Waals surface area contributed by atoms with Gasteiger partial charge in [-0.15, -0.1) is 0 Å². The molecule has 0 aliphatic rings. The Balaban J connectivity index is 2.05. The molecule has 2 aromatic rings. The molecule has 0 aliphatic heterocycles. The zero-order valence-corrected chi connectivity index (χ0v) is 12.4. The van der Waals surface area contributed by atoms with E-state index in [-0.39, 0.29) is 5.82 Å². The summed E-state index contributed by atoms with van der Waals surface area (Å²) in [7, 11) is 0. The van der Waals surface area contributed by atoms with Gasteiger partial charge in [-0.2, -0.15) is 0 Å². The first-order chi connectivity index (χ1) is 10.3. The first-order valence-electron chi connectivity index (χ1n) is 6.61. The zero-order chi connectivity index (χ0) is 16.3. The van der Waals surface area contributed by atoms with Crippen molar-refractivity contribution in [2.75, 3.05) is 10.6 Å². The normalized spacial score (nSPS) is 11.1. The molecule has 0 saturated heterocycles. The molecule has 0 unspecified atom stereocenters. The van der Waals surface area contributed by atoms with E-state index in [0.29, 0.717) is 11.4 Å². The second-order valence-corrected chi connectivity index (χ2v) is 5.36. The lowest BCUT2D eigenvalue weighted by Crippen LogP contribution is -2.41. The maximum Gasteiger partial charge on any atom is 0.240 e. The van der Waals surface area contributed by atoms with Crippen molar-refractivity contribution in [3.05, 3.63) is 41.9 Å². The van der Waals surface area contributed by atoms with Crippen molar-refractivity contribution in [2.45, 2.75) is 20.8 Å². The third kappa shape index (κ3) is 3.49. The highest BCUT2D eigenvalue weighted by Crippen LogP contribution is 2.21. The average Bonchev–Trinajstić information content (AvgIpc) is 2.86. The van der Waals surface area contributed by atoms with Crippen molar-refractivity contribution >= 4 is 23.3 Å². The minimum Gasteiger partial charge on any atom is -0.360 e. The summed E-state index contributed by atoms with van der Waals surface area (Å²) >= 11 is 0. The van der Waals surface area contributed by atoms with Crippen LogP contribution in [0.3, 0.4) is 0 Å². The van der Waals surface area contributed by atoms with Crippen molar-refractivity contribution in [3.8, 4) is 0 Å². The van der Waals surface area contributed by atoms with Crippen LogP contribution in [0, 0.1) is 18.2 Å². The summed E-state index contributed by atoms with van der Waals surface area (Å²) < 4.78 is 17.7. The van der Waals surface area contributed by atoms with Crippen LogP contribution in [0.15, 0.2) is 34.9 Å². The van der Waals surface area contributed by atoms with E-state index in [0.717, 1.165) is 0 Å². The van der Waals surface area contributed by atoms with Crippen molar-refractivity contribution in [1.29, 1.82) is 0 Å². The summed E-state index contributed by atoms with van der Waals surface area (Å²) in [6, 6.07) is 6.83. The van der Waals surface area contributed by atoms with E-state index < -0.39 is 23.0 Å². The molecule has 0 saturated carbocycles. The monoisotopic (exact) mass is 305 g/mol. The summed E-state index contributed by atoms with van der Waals surface area (Å²) in [4.78, 5) is 24.5. The van der Waals surface area contributed by atoms with Gasteiger partial charge < -0.3 is 15.2 Å². The predicted molar refractivity (Wildman–Crippen MR) is 78.7 cm³/mol. The molecule has 1 aromatic heterocycles. The Kier molecular flexibility index (Phi) is 4.25. The van der Waals surface area contributed by atoms with Crippen LogP contribution in [0.1, 0.15) is 19.6 Å². The summed E-state index contributed by atoms with van der Waals surface area (Å²) in [6.07, 6.45) is 0. The average molecular weight is 305 g/mol. The van der Waals surface area contributed by atoms with Gasteiger partial charge in [-0.3, -0.25) is 9.59 Å². The fourth-order valence-electron chi connectivity index (χ4n) is 1.62. The first kappa shape index (κ1) is 15.7. The van der Waals surface area contributed by atoms with Gasteiger partial charge in [0.1, 0.15) is 17.0 Å². The second kappa shape index (κ2) is 5.97. The van der Waals surface area contributed by atoms with Crippen molar-refractivity contribution in [1.82, 2.24) is 5.16 Å². The number of amides is 2. The van der Waals surface area contributed by atoms with E-state index in [9.17, 15) is 14.0 Å². The Morgan fingerprint density at radius 3 is 2.27 bits per heavy atom. The number of hydrogen-bond acceptors (Lipinski definition) is 4. The number of anilines is 2. The molecule has 2 rings (SSSR count). The number of benzene rings is 1. The Bertz CT molecular complexity index is 692. The van der Waals surface area contributed by atoms with Crippen molar-refractivity contribution < 1.29 is 18.5 Å². The first-order valence-corrected chi connectivity index (χ1v) is 6.61. The molecular formula is C15H16FN3O3. The van der Waals surface area contributed by atoms with Gasteiger partial charge in [0.05, 0.1) is 0 Å². The SMILES string of the molecule is Cc1cc(NC(=O)C(C)(C)C(=O)Nc2ccc(F)cc2)no1. The largest absolute Gasteiger partial charge is 0.360 e. The number of hydrogen-bond donors (Lipinski definition) is 2. The third-order valence-electron chi connectivity index (χ3n) is 3.11. The highest BCUT2D eigenvalue weighted by Gasteiger charge is 2.36. The van der Waals surface area contributed by atoms with Gasteiger partial charge >= 0.3 is 0 Å². The third-order valence-corrected chi connectivity index (χ3v) is 3.11. The van der Waals surface area contributed by atoms with Crippen LogP contribution in [-0.4, -0.2) is 17.0 Å². The lowest BCUT2D eigenvalue weighted by molar-refractivity contribution is -0.135. The number of nitrogens with one attached hydrogen (secondary N) is 2. The molecule has 1 heterocycles. The van der Waals surface area contributed by atoms with Gasteiger partial charge in [-0.1, -0.05) is 5.16 Å². The standard InChI is InChI=1S/C15H16FN3O3/c1-9-8-12(19-22-9)18-14(21)15(2,3)13(20)17-11-6-4-10(16)5-7-11/h4-8H,1-3H3,(H,17,20)(H,18,19,21). The van der Waals surface area contributed by atoms with Crippen LogP contribution in [0.2, 0.25) is 0 Å². The van der Waals surface area contributed by atoms with Crippen LogP contribution in [0.5, 0.6) is 0 Å². The molecule has 0 fully saturated rings. The van der Waals surface area contributed by atoms with E-state index in [1.165, 1.54) is 38.1 Å². The number of aryl methyl sites for hydroxylation is 1. The highest BCUT2D eigenvalue weighted by atomic mass is 19.1. The Labute approximate surface area is 126 Å². The molecule has 7 heteroatoms. The Morgan fingerprint density at radius 2 is 1.73 bits per heavy atom. The van der Waals surface area contributed by atoms with Crippen LogP contribution in [0.25, 0.3) is 0 Å². The number of aromatic nitrogens is 1. The van der Waals surface area contributed by atoms with Crippen LogP contribution in [-0.2, 0) is 9.59 Å². The van der Waals surface area contributed by atoms with Crippen LogP contribution >= 0.6 is 0 Å². The number of rotatable bonds is 4. The molecule has 1 aromatic carbocycles. The maximum absolute atomic E-state index is 12.8. The number of halogens is 1. The lowest BCUT2D eigenvalue weighted by Gasteiger charge is -2.21. The van der Waals surface area contributed by atoms with Crippen molar-refractivity contribution in [3.63, 3.8) is 0 Å². The summed E-state index contributed by atoms with van der Waals surface area (Å²) in [5.41, 5.74) is -0.939. The molecule has 0 radical (unpaired) electrons. The molecule has 2 amide bonds. The van der Waals surface area contributed by atoms with Gasteiger partial charge in [0.15, 0.2) is 5.82 Å². The minimum absolute atomic E-state index is 0.241. The molecule has 0 atom stereocenters. The quantitative estimate of drug-likeness (QED) is 0.851. The van der Waals surface area contributed by atoms with E-state index in [2.05, 4.69) is 15.8 Å². The molecule has 6 nitrogen and oxygen atoms in total. The number of carbonyl (C=O) groups excluding carboxylic acids is 2. The fraction of sp³-hybridized carbons (Fsp3) is 0.267. The van der Waals surface area contributed by atoms with Gasteiger partial charge in [0.2, 0.25) is 11.8 Å². The van der Waals surface area contributed by atoms with Gasteiger partial charge in [0.25, 0.3) is 0 Å². The summed E-state index contributed by atoms with van der Waals surface area (Å²) in [5, 5.41) is 8.73. The molecule has 0 spiro atoms. The topological polar surface area (TPSA) is 84.2 Å². The summed E-state index contributed by atoms with van der Waals surface area (Å²) in [5.74, 6) is -0.664. The number of carbonyl (C=O) groups is 2. The smallest absolute Gasteiger partial charge is 0.240 e. The van der Waals surface area contributed by atoms with Gasteiger partial charge in [-0.25, -0.2) is 4.39 Å². The predicted octanol–water partition coefficient (Wildman–Crippen LogP) is 2.73. The highest BCUT2D eigenvalue weighted by molar-refractivity contribution is 6.13. The molecular weight excluding hydrogens is 289 g/mol. The van der Waals surface area contributed by atoms with E-state index in [1.807, 2.05) is 0 Å². The van der Waals surface area contributed by atoms with E-state index in [1.54, 1.807) is 13.0 Å². The lowest BCUT2D eigenvalue weighted by atomic mass is 9.91. The summed E-state index contributed by atoms with van der Waals surface area (Å²) in [6.45, 7) is 4.65. The fourth-order valence-corrected chi connectivity index (χ4v) is 1.62. The van der Waals surface area contributed by atoms with Crippen molar-refractivity contribution in [2.24, 2.45) is 5.41 Å². The van der Waals surface area contributed by atoms with Crippen LogP contribution < -0.4 is 10.6 Å². The minimum atomic E-state index is -1.35. The molecule has 2 N–H and O–H groups in total. The Morgan fingerprint density at radius 1 is 1.14 bits per heavy atom. The van der Waals surface area contributed by atoms with Gasteiger partial charge in [-0.05, 0) is 45.0 Å². The Hall–Kier alpha value is -2.70. The zero-order valence-electron chi connectivity index (χ0n) is 12.4. The van der Waals surface area contributed by atoms with Crippen LogP contribution in [0.4, 0.5) is 15.9 Å². The molecule has 22 heavy (non-hydrogen) atoms. The maximum atomic E-state index is 12.8. The van der Waals surface area contributed by atoms with Gasteiger partial charge in [0, 0.05) is 11.8 Å². The van der Waals surface area contributed by atoms with E-state index >= 15 is 0 Å².